The third kappa shape index (κ3) is 5.29. The minimum absolute atomic E-state index is 0.0126. The molecule has 0 fully saturated rings. The summed E-state index contributed by atoms with van der Waals surface area (Å²) < 4.78 is 0. The Kier molecular flexibility index (Phi) is 5.78. The lowest BCUT2D eigenvalue weighted by molar-refractivity contribution is 0.101. The third-order valence-corrected chi connectivity index (χ3v) is 4.59. The van der Waals surface area contributed by atoms with Crippen molar-refractivity contribution in [2.45, 2.75) is 33.1 Å². The maximum Gasteiger partial charge on any atom is 0.257 e. The van der Waals surface area contributed by atoms with Gasteiger partial charge in [-0.25, -0.2) is 0 Å². The number of hydrogen-bond acceptors (Lipinski definition) is 4. The van der Waals surface area contributed by atoms with Crippen molar-refractivity contribution in [3.63, 3.8) is 0 Å². The first kappa shape index (κ1) is 20.3. The number of rotatable bonds is 5. The molecule has 0 unspecified atom stereocenters. The number of ketones is 1. The van der Waals surface area contributed by atoms with Crippen LogP contribution in [0.5, 0.6) is 0 Å². The predicted molar refractivity (Wildman–Crippen MR) is 117 cm³/mol. The Balaban J connectivity index is 1.70. The van der Waals surface area contributed by atoms with E-state index < -0.39 is 0 Å². The van der Waals surface area contributed by atoms with E-state index in [9.17, 15) is 9.59 Å². The number of nitrogens with zero attached hydrogens (tertiary/aromatic N) is 1. The van der Waals surface area contributed by atoms with Gasteiger partial charge in [-0.1, -0.05) is 32.9 Å². The van der Waals surface area contributed by atoms with Gasteiger partial charge in [0.15, 0.2) is 5.78 Å². The molecule has 5 nitrogen and oxygen atoms in total. The van der Waals surface area contributed by atoms with Gasteiger partial charge in [-0.05, 0) is 60.4 Å². The van der Waals surface area contributed by atoms with Gasteiger partial charge in [-0.2, -0.15) is 0 Å². The molecule has 3 rings (SSSR count). The van der Waals surface area contributed by atoms with Crippen LogP contribution in [0.15, 0.2) is 67.0 Å². The quantitative estimate of drug-likeness (QED) is 0.561. The van der Waals surface area contributed by atoms with Crippen LogP contribution in [0, 0.1) is 0 Å². The van der Waals surface area contributed by atoms with Crippen molar-refractivity contribution in [1.82, 2.24) is 4.98 Å². The maximum atomic E-state index is 12.5. The van der Waals surface area contributed by atoms with Crippen molar-refractivity contribution in [2.75, 3.05) is 10.6 Å². The molecular weight excluding hydrogens is 362 g/mol. The molecule has 2 aromatic carbocycles. The van der Waals surface area contributed by atoms with E-state index in [4.69, 9.17) is 0 Å². The van der Waals surface area contributed by atoms with E-state index in [0.717, 1.165) is 11.4 Å². The van der Waals surface area contributed by atoms with Crippen LogP contribution in [0.4, 0.5) is 17.1 Å². The van der Waals surface area contributed by atoms with Crippen LogP contribution in [0.1, 0.15) is 54.0 Å². The predicted octanol–water partition coefficient (Wildman–Crippen LogP) is 5.58. The van der Waals surface area contributed by atoms with Crippen LogP contribution in [0.2, 0.25) is 0 Å². The van der Waals surface area contributed by atoms with Gasteiger partial charge >= 0.3 is 0 Å². The van der Waals surface area contributed by atoms with Crippen LogP contribution >= 0.6 is 0 Å². The summed E-state index contributed by atoms with van der Waals surface area (Å²) in [6.07, 6.45) is 3.20. The molecule has 3 aromatic rings. The minimum atomic E-state index is -0.264. The first-order valence-corrected chi connectivity index (χ1v) is 9.47. The van der Waals surface area contributed by atoms with Crippen molar-refractivity contribution < 1.29 is 9.59 Å². The number of Topliss-reactive ketones (excluding diaryl/α,β-unsaturated/α-hetero) is 1. The van der Waals surface area contributed by atoms with Gasteiger partial charge in [0.25, 0.3) is 5.91 Å². The molecule has 1 heterocycles. The average molecular weight is 387 g/mol. The molecular formula is C24H25N3O2. The van der Waals surface area contributed by atoms with E-state index in [1.807, 2.05) is 12.1 Å². The van der Waals surface area contributed by atoms with Crippen molar-refractivity contribution in [2.24, 2.45) is 0 Å². The SMILES string of the molecule is CC(=O)c1ccc(NC(=O)c2cncc(Nc3ccc(C(C)(C)C)cc3)c2)cc1. The molecule has 0 saturated heterocycles. The molecule has 5 heteroatoms. The molecule has 148 valence electrons. The smallest absolute Gasteiger partial charge is 0.257 e. The van der Waals surface area contributed by atoms with Crippen LogP contribution in [0.3, 0.4) is 0 Å². The molecule has 29 heavy (non-hydrogen) atoms. The summed E-state index contributed by atoms with van der Waals surface area (Å²) in [7, 11) is 0. The third-order valence-electron chi connectivity index (χ3n) is 4.59. The van der Waals surface area contributed by atoms with Gasteiger partial charge in [0.2, 0.25) is 0 Å². The fraction of sp³-hybridized carbons (Fsp3) is 0.208. The second-order valence-corrected chi connectivity index (χ2v) is 8.00. The highest BCUT2D eigenvalue weighted by atomic mass is 16.1. The Morgan fingerprint density at radius 2 is 1.41 bits per heavy atom. The van der Waals surface area contributed by atoms with Gasteiger partial charge < -0.3 is 10.6 Å². The van der Waals surface area contributed by atoms with Gasteiger partial charge in [0.1, 0.15) is 0 Å². The summed E-state index contributed by atoms with van der Waals surface area (Å²) in [6, 6.07) is 16.8. The van der Waals surface area contributed by atoms with E-state index >= 15 is 0 Å². The lowest BCUT2D eigenvalue weighted by Gasteiger charge is -2.19. The second-order valence-electron chi connectivity index (χ2n) is 8.00. The average Bonchev–Trinajstić information content (AvgIpc) is 2.68. The summed E-state index contributed by atoms with van der Waals surface area (Å²) in [5, 5.41) is 6.10. The zero-order valence-corrected chi connectivity index (χ0v) is 17.1. The number of aromatic nitrogens is 1. The van der Waals surface area contributed by atoms with Crippen molar-refractivity contribution in [3.8, 4) is 0 Å². The van der Waals surface area contributed by atoms with Crippen molar-refractivity contribution in [3.05, 3.63) is 83.7 Å². The number of nitrogens with one attached hydrogen (secondary N) is 2. The van der Waals surface area contributed by atoms with E-state index in [1.54, 1.807) is 36.5 Å². The lowest BCUT2D eigenvalue weighted by atomic mass is 9.87. The molecule has 0 aliphatic heterocycles. The lowest BCUT2D eigenvalue weighted by Crippen LogP contribution is -2.12. The molecule has 1 aromatic heterocycles. The topological polar surface area (TPSA) is 71.1 Å². The fourth-order valence-electron chi connectivity index (χ4n) is 2.84. The number of anilines is 3. The van der Waals surface area contributed by atoms with E-state index in [-0.39, 0.29) is 17.1 Å². The van der Waals surface area contributed by atoms with E-state index in [1.165, 1.54) is 18.7 Å². The highest BCUT2D eigenvalue weighted by Crippen LogP contribution is 2.25. The largest absolute Gasteiger partial charge is 0.354 e. The second kappa shape index (κ2) is 8.27. The number of benzene rings is 2. The Hall–Kier alpha value is -3.47. The summed E-state index contributed by atoms with van der Waals surface area (Å²) in [5.41, 5.74) is 4.68. The zero-order valence-electron chi connectivity index (χ0n) is 17.1. The molecule has 1 amide bonds. The molecule has 0 bridgehead atoms. The first-order chi connectivity index (χ1) is 13.7. The summed E-state index contributed by atoms with van der Waals surface area (Å²) in [4.78, 5) is 28.1. The van der Waals surface area contributed by atoms with E-state index in [0.29, 0.717) is 16.8 Å². The highest BCUT2D eigenvalue weighted by molar-refractivity contribution is 6.05. The normalized spacial score (nSPS) is 11.0. The van der Waals surface area contributed by atoms with Gasteiger partial charge in [-0.3, -0.25) is 14.6 Å². The van der Waals surface area contributed by atoms with Crippen LogP contribution < -0.4 is 10.6 Å². The number of carbonyl (C=O) groups excluding carboxylic acids is 2. The zero-order chi connectivity index (χ0) is 21.0. The van der Waals surface area contributed by atoms with Gasteiger partial charge in [0.05, 0.1) is 17.4 Å². The Morgan fingerprint density at radius 1 is 0.793 bits per heavy atom. The molecule has 2 N–H and O–H groups in total. The van der Waals surface area contributed by atoms with Crippen molar-refractivity contribution in [1.29, 1.82) is 0 Å². The maximum absolute atomic E-state index is 12.5. The first-order valence-electron chi connectivity index (χ1n) is 9.47. The minimum Gasteiger partial charge on any atom is -0.354 e. The molecule has 0 spiro atoms. The number of pyridine rings is 1. The van der Waals surface area contributed by atoms with Gasteiger partial charge in [0, 0.05) is 23.1 Å². The summed E-state index contributed by atoms with van der Waals surface area (Å²) in [5.74, 6) is -0.277. The number of carbonyl (C=O) groups is 2. The fourth-order valence-corrected chi connectivity index (χ4v) is 2.84. The molecule has 0 radical (unpaired) electrons. The molecule has 0 aliphatic rings. The standard InChI is InChI=1S/C24H25N3O2/c1-16(28)17-5-9-21(10-6-17)27-23(29)18-13-22(15-25-14-18)26-20-11-7-19(8-12-20)24(2,3)4/h5-15,26H,1-4H3,(H,27,29). The number of hydrogen-bond donors (Lipinski definition) is 2. The van der Waals surface area contributed by atoms with Crippen LogP contribution in [-0.4, -0.2) is 16.7 Å². The molecule has 0 saturated carbocycles. The Labute approximate surface area is 171 Å². The molecule has 0 aliphatic carbocycles. The van der Waals surface area contributed by atoms with Gasteiger partial charge in [-0.15, -0.1) is 0 Å². The number of amides is 1. The van der Waals surface area contributed by atoms with E-state index in [2.05, 4.69) is 48.5 Å². The Morgan fingerprint density at radius 3 is 2.00 bits per heavy atom. The summed E-state index contributed by atoms with van der Waals surface area (Å²) >= 11 is 0. The highest BCUT2D eigenvalue weighted by Gasteiger charge is 2.13. The summed E-state index contributed by atoms with van der Waals surface area (Å²) in [6.45, 7) is 8.04. The van der Waals surface area contributed by atoms with Crippen molar-refractivity contribution >= 4 is 28.8 Å². The molecule has 0 atom stereocenters. The Bertz CT molecular complexity index is 1020. The monoisotopic (exact) mass is 387 g/mol. The van der Waals surface area contributed by atoms with Crippen LogP contribution in [-0.2, 0) is 5.41 Å². The van der Waals surface area contributed by atoms with Crippen LogP contribution in [0.25, 0.3) is 0 Å².